The maximum Gasteiger partial charge on any atom is 0.244 e. The molecule has 0 aliphatic carbocycles. The van der Waals surface area contributed by atoms with Gasteiger partial charge in [0.25, 0.3) is 0 Å². The molecule has 2 amide bonds. The number of rotatable bonds is 6. The molecule has 1 aromatic heterocycles. The Bertz CT molecular complexity index is 929. The zero-order valence-electron chi connectivity index (χ0n) is 15.0. The van der Waals surface area contributed by atoms with Crippen LogP contribution in [-0.4, -0.2) is 21.4 Å². The molecule has 2 aromatic carbocycles. The van der Waals surface area contributed by atoms with E-state index >= 15 is 0 Å². The Morgan fingerprint density at radius 1 is 1.04 bits per heavy atom. The quantitative estimate of drug-likeness (QED) is 0.717. The minimum absolute atomic E-state index is 0.0484. The summed E-state index contributed by atoms with van der Waals surface area (Å²) in [6, 6.07) is 15.3. The summed E-state index contributed by atoms with van der Waals surface area (Å²) in [6.07, 6.45) is 0.411. The highest BCUT2D eigenvalue weighted by Crippen LogP contribution is 2.17. The molecular weight excluding hydrogens is 328 g/mol. The first-order valence-electron chi connectivity index (χ1n) is 8.64. The van der Waals surface area contributed by atoms with Gasteiger partial charge in [-0.05, 0) is 31.2 Å². The van der Waals surface area contributed by atoms with Gasteiger partial charge in [-0.2, -0.15) is 0 Å². The zero-order chi connectivity index (χ0) is 18.5. The lowest BCUT2D eigenvalue weighted by Crippen LogP contribution is -2.26. The molecule has 0 unspecified atom stereocenters. The average Bonchev–Trinajstić information content (AvgIpc) is 2.99. The van der Waals surface area contributed by atoms with Gasteiger partial charge in [0, 0.05) is 12.1 Å². The predicted octanol–water partition coefficient (Wildman–Crippen LogP) is 3.01. The van der Waals surface area contributed by atoms with E-state index in [1.165, 1.54) is 0 Å². The zero-order valence-corrected chi connectivity index (χ0v) is 15.0. The highest BCUT2D eigenvalue weighted by molar-refractivity contribution is 5.91. The second kappa shape index (κ2) is 7.82. The van der Waals surface area contributed by atoms with Crippen LogP contribution >= 0.6 is 0 Å². The van der Waals surface area contributed by atoms with Crippen LogP contribution in [0.4, 0.5) is 5.69 Å². The molecular formula is C20H22N4O2. The summed E-state index contributed by atoms with van der Waals surface area (Å²) in [5.41, 5.74) is 3.56. The van der Waals surface area contributed by atoms with E-state index in [0.717, 1.165) is 22.3 Å². The Hall–Kier alpha value is -3.15. The standard InChI is InChI=1S/C20H22N4O2/c1-3-19(25)21-12-18-23-16-6-4-5-7-17(16)24(18)13-20(26)22-15-10-8-14(2)9-11-15/h4-11H,3,12-13H2,1-2H3,(H,21,25)(H,22,26). The van der Waals surface area contributed by atoms with E-state index in [-0.39, 0.29) is 18.4 Å². The summed E-state index contributed by atoms with van der Waals surface area (Å²) in [7, 11) is 0. The molecule has 0 radical (unpaired) electrons. The molecule has 0 saturated carbocycles. The number of amides is 2. The first-order chi connectivity index (χ1) is 12.6. The topological polar surface area (TPSA) is 76.0 Å². The van der Waals surface area contributed by atoms with Crippen LogP contribution in [0.1, 0.15) is 24.7 Å². The number of anilines is 1. The van der Waals surface area contributed by atoms with Crippen LogP contribution < -0.4 is 10.6 Å². The number of nitrogens with one attached hydrogen (secondary N) is 2. The van der Waals surface area contributed by atoms with Crippen molar-refractivity contribution in [1.29, 1.82) is 0 Å². The highest BCUT2D eigenvalue weighted by Gasteiger charge is 2.14. The molecule has 0 bridgehead atoms. The normalized spacial score (nSPS) is 10.7. The van der Waals surface area contributed by atoms with Crippen molar-refractivity contribution < 1.29 is 9.59 Å². The molecule has 6 heteroatoms. The molecule has 0 aliphatic rings. The largest absolute Gasteiger partial charge is 0.349 e. The number of carbonyl (C=O) groups is 2. The van der Waals surface area contributed by atoms with E-state index in [4.69, 9.17) is 0 Å². The van der Waals surface area contributed by atoms with Crippen LogP contribution in [-0.2, 0) is 22.7 Å². The fourth-order valence-electron chi connectivity index (χ4n) is 2.72. The van der Waals surface area contributed by atoms with Gasteiger partial charge in [0.2, 0.25) is 11.8 Å². The number of fused-ring (bicyclic) bond motifs is 1. The summed E-state index contributed by atoms with van der Waals surface area (Å²) in [5.74, 6) is 0.472. The first kappa shape index (κ1) is 17.7. The lowest BCUT2D eigenvalue weighted by atomic mass is 10.2. The van der Waals surface area contributed by atoms with Gasteiger partial charge in [-0.1, -0.05) is 36.8 Å². The molecule has 2 N–H and O–H groups in total. The smallest absolute Gasteiger partial charge is 0.244 e. The van der Waals surface area contributed by atoms with Crippen molar-refractivity contribution in [2.45, 2.75) is 33.4 Å². The number of para-hydroxylation sites is 2. The molecule has 0 spiro atoms. The Morgan fingerprint density at radius 2 is 1.77 bits per heavy atom. The van der Waals surface area contributed by atoms with Crippen molar-refractivity contribution in [3.8, 4) is 0 Å². The van der Waals surface area contributed by atoms with E-state index in [0.29, 0.717) is 18.8 Å². The van der Waals surface area contributed by atoms with Gasteiger partial charge in [0.15, 0.2) is 0 Å². The number of aromatic nitrogens is 2. The van der Waals surface area contributed by atoms with Gasteiger partial charge in [-0.15, -0.1) is 0 Å². The molecule has 6 nitrogen and oxygen atoms in total. The van der Waals surface area contributed by atoms with Crippen LogP contribution in [0.15, 0.2) is 48.5 Å². The predicted molar refractivity (Wildman–Crippen MR) is 102 cm³/mol. The van der Waals surface area contributed by atoms with E-state index in [9.17, 15) is 9.59 Å². The van der Waals surface area contributed by atoms with Crippen molar-refractivity contribution in [1.82, 2.24) is 14.9 Å². The second-order valence-corrected chi connectivity index (χ2v) is 6.15. The third kappa shape index (κ3) is 4.08. The van der Waals surface area contributed by atoms with Crippen molar-refractivity contribution >= 4 is 28.5 Å². The third-order valence-electron chi connectivity index (χ3n) is 4.14. The lowest BCUT2D eigenvalue weighted by Gasteiger charge is -2.11. The van der Waals surface area contributed by atoms with E-state index < -0.39 is 0 Å². The summed E-state index contributed by atoms with van der Waals surface area (Å²) in [5, 5.41) is 5.73. The molecule has 1 heterocycles. The number of hydrogen-bond donors (Lipinski definition) is 2. The van der Waals surface area contributed by atoms with Crippen molar-refractivity contribution in [3.05, 3.63) is 59.9 Å². The minimum Gasteiger partial charge on any atom is -0.349 e. The monoisotopic (exact) mass is 350 g/mol. The van der Waals surface area contributed by atoms with Crippen LogP contribution in [0.2, 0.25) is 0 Å². The van der Waals surface area contributed by atoms with Crippen LogP contribution in [0, 0.1) is 6.92 Å². The third-order valence-corrected chi connectivity index (χ3v) is 4.14. The summed E-state index contributed by atoms with van der Waals surface area (Å²) >= 11 is 0. The number of nitrogens with zero attached hydrogens (tertiary/aromatic N) is 2. The van der Waals surface area contributed by atoms with Crippen LogP contribution in [0.25, 0.3) is 11.0 Å². The van der Waals surface area contributed by atoms with Gasteiger partial charge in [-0.3, -0.25) is 9.59 Å². The molecule has 0 fully saturated rings. The van der Waals surface area contributed by atoms with Crippen LogP contribution in [0.5, 0.6) is 0 Å². The van der Waals surface area contributed by atoms with Crippen molar-refractivity contribution in [3.63, 3.8) is 0 Å². The Balaban J connectivity index is 1.81. The molecule has 0 saturated heterocycles. The highest BCUT2D eigenvalue weighted by atomic mass is 16.2. The maximum absolute atomic E-state index is 12.5. The Kier molecular flexibility index (Phi) is 5.31. The summed E-state index contributed by atoms with van der Waals surface area (Å²) in [6.45, 7) is 4.22. The maximum atomic E-state index is 12.5. The van der Waals surface area contributed by atoms with Gasteiger partial charge < -0.3 is 15.2 Å². The molecule has 3 rings (SSSR count). The van der Waals surface area contributed by atoms with Crippen molar-refractivity contribution in [2.24, 2.45) is 0 Å². The van der Waals surface area contributed by atoms with Gasteiger partial charge in [0.05, 0.1) is 17.6 Å². The number of hydrogen-bond acceptors (Lipinski definition) is 3. The average molecular weight is 350 g/mol. The molecule has 26 heavy (non-hydrogen) atoms. The lowest BCUT2D eigenvalue weighted by molar-refractivity contribution is -0.121. The van der Waals surface area contributed by atoms with Crippen LogP contribution in [0.3, 0.4) is 0 Å². The number of benzene rings is 2. The summed E-state index contributed by atoms with van der Waals surface area (Å²) in [4.78, 5) is 28.6. The van der Waals surface area contributed by atoms with E-state index in [1.807, 2.05) is 60.0 Å². The van der Waals surface area contributed by atoms with E-state index in [2.05, 4.69) is 15.6 Å². The molecule has 134 valence electrons. The Morgan fingerprint density at radius 3 is 2.50 bits per heavy atom. The van der Waals surface area contributed by atoms with Gasteiger partial charge in [-0.25, -0.2) is 4.98 Å². The van der Waals surface area contributed by atoms with Crippen molar-refractivity contribution in [2.75, 3.05) is 5.32 Å². The molecule has 0 aliphatic heterocycles. The second-order valence-electron chi connectivity index (χ2n) is 6.15. The van der Waals surface area contributed by atoms with E-state index in [1.54, 1.807) is 6.92 Å². The number of carbonyl (C=O) groups excluding carboxylic acids is 2. The SMILES string of the molecule is CCC(=O)NCc1nc2ccccc2n1CC(=O)Nc1ccc(C)cc1. The summed E-state index contributed by atoms with van der Waals surface area (Å²) < 4.78 is 1.84. The van der Waals surface area contributed by atoms with Gasteiger partial charge in [0.1, 0.15) is 12.4 Å². The minimum atomic E-state index is -0.139. The fourth-order valence-corrected chi connectivity index (χ4v) is 2.72. The molecule has 3 aromatic rings. The first-order valence-corrected chi connectivity index (χ1v) is 8.64. The Labute approximate surface area is 152 Å². The number of imidazole rings is 1. The molecule has 0 atom stereocenters. The van der Waals surface area contributed by atoms with Gasteiger partial charge >= 0.3 is 0 Å². The number of aryl methyl sites for hydroxylation is 1. The fraction of sp³-hybridized carbons (Fsp3) is 0.250.